The second-order valence-electron chi connectivity index (χ2n) is 5.97. The van der Waals surface area contributed by atoms with Crippen LogP contribution >= 0.6 is 23.1 Å². The summed E-state index contributed by atoms with van der Waals surface area (Å²) in [7, 11) is 0. The largest absolute Gasteiger partial charge is 0.344 e. The third-order valence-corrected chi connectivity index (χ3v) is 4.40. The SMILES string of the molecule is CC(C)(C)c1nsc(N(CCCCl)C2CCC2)n1. The molecule has 0 unspecified atom stereocenters. The highest BCUT2D eigenvalue weighted by Gasteiger charge is 2.28. The molecule has 18 heavy (non-hydrogen) atoms. The monoisotopic (exact) mass is 287 g/mol. The summed E-state index contributed by atoms with van der Waals surface area (Å²) in [6, 6.07) is 0.661. The molecule has 1 aromatic heterocycles. The number of nitrogens with zero attached hydrogens (tertiary/aromatic N) is 3. The van der Waals surface area contributed by atoms with Gasteiger partial charge in [-0.3, -0.25) is 0 Å². The summed E-state index contributed by atoms with van der Waals surface area (Å²) in [6.45, 7) is 7.48. The van der Waals surface area contributed by atoms with E-state index in [2.05, 4.69) is 30.0 Å². The van der Waals surface area contributed by atoms with Crippen molar-refractivity contribution >= 4 is 28.3 Å². The van der Waals surface area contributed by atoms with Gasteiger partial charge in [0.05, 0.1) is 0 Å². The molecule has 102 valence electrons. The van der Waals surface area contributed by atoms with Gasteiger partial charge in [0, 0.05) is 35.4 Å². The zero-order valence-electron chi connectivity index (χ0n) is 11.4. The van der Waals surface area contributed by atoms with Crippen LogP contribution < -0.4 is 4.90 Å². The second kappa shape index (κ2) is 5.74. The zero-order valence-corrected chi connectivity index (χ0v) is 13.0. The van der Waals surface area contributed by atoms with Crippen LogP contribution in [-0.4, -0.2) is 27.8 Å². The summed E-state index contributed by atoms with van der Waals surface area (Å²) in [6.07, 6.45) is 4.93. The first-order valence-electron chi connectivity index (χ1n) is 6.69. The molecule has 3 nitrogen and oxygen atoms in total. The van der Waals surface area contributed by atoms with E-state index in [0.29, 0.717) is 11.9 Å². The number of halogens is 1. The van der Waals surface area contributed by atoms with Crippen LogP contribution in [0, 0.1) is 0 Å². The van der Waals surface area contributed by atoms with E-state index in [4.69, 9.17) is 16.6 Å². The summed E-state index contributed by atoms with van der Waals surface area (Å²) in [5, 5.41) is 1.08. The molecule has 0 radical (unpaired) electrons. The van der Waals surface area contributed by atoms with Gasteiger partial charge >= 0.3 is 0 Å². The topological polar surface area (TPSA) is 29.0 Å². The maximum atomic E-state index is 5.82. The molecular weight excluding hydrogens is 266 g/mol. The van der Waals surface area contributed by atoms with Gasteiger partial charge in [0.1, 0.15) is 5.82 Å². The third kappa shape index (κ3) is 3.15. The Morgan fingerprint density at radius 3 is 2.56 bits per heavy atom. The van der Waals surface area contributed by atoms with Crippen LogP contribution in [0.25, 0.3) is 0 Å². The van der Waals surface area contributed by atoms with Crippen molar-refractivity contribution in [2.24, 2.45) is 0 Å². The molecule has 5 heteroatoms. The minimum absolute atomic E-state index is 0.0342. The predicted octanol–water partition coefficient (Wildman–Crippen LogP) is 3.82. The molecule has 1 fully saturated rings. The molecule has 0 bridgehead atoms. The molecule has 1 saturated carbocycles. The van der Waals surface area contributed by atoms with Crippen molar-refractivity contribution in [3.05, 3.63) is 5.82 Å². The average Bonchev–Trinajstić information content (AvgIpc) is 2.69. The molecule has 0 atom stereocenters. The van der Waals surface area contributed by atoms with Gasteiger partial charge in [-0.05, 0) is 25.7 Å². The van der Waals surface area contributed by atoms with Crippen LogP contribution in [0.5, 0.6) is 0 Å². The Hall–Kier alpha value is -0.350. The van der Waals surface area contributed by atoms with Gasteiger partial charge in [0.2, 0.25) is 5.13 Å². The average molecular weight is 288 g/mol. The highest BCUT2D eigenvalue weighted by Crippen LogP contribution is 2.32. The fraction of sp³-hybridized carbons (Fsp3) is 0.846. The number of alkyl halides is 1. The zero-order chi connectivity index (χ0) is 13.2. The lowest BCUT2D eigenvalue weighted by Gasteiger charge is -2.37. The van der Waals surface area contributed by atoms with Crippen LogP contribution in [0.15, 0.2) is 0 Å². The number of hydrogen-bond donors (Lipinski definition) is 0. The van der Waals surface area contributed by atoms with Crippen molar-refractivity contribution in [3.63, 3.8) is 0 Å². The number of rotatable bonds is 5. The standard InChI is InChI=1S/C13H22ClN3S/c1-13(2,3)11-15-12(18-16-11)17(9-5-8-14)10-6-4-7-10/h10H,4-9H2,1-3H3. The van der Waals surface area contributed by atoms with Crippen LogP contribution in [-0.2, 0) is 5.41 Å². The lowest BCUT2D eigenvalue weighted by molar-refractivity contribution is 0.385. The van der Waals surface area contributed by atoms with Gasteiger partial charge in [-0.1, -0.05) is 20.8 Å². The van der Waals surface area contributed by atoms with Crippen molar-refractivity contribution < 1.29 is 0 Å². The lowest BCUT2D eigenvalue weighted by Crippen LogP contribution is -2.41. The Labute approximate surface area is 119 Å². The Bertz CT molecular complexity index is 382. The van der Waals surface area contributed by atoms with Crippen molar-refractivity contribution in [1.29, 1.82) is 0 Å². The quantitative estimate of drug-likeness (QED) is 0.771. The van der Waals surface area contributed by atoms with E-state index in [0.717, 1.165) is 23.9 Å². The van der Waals surface area contributed by atoms with Crippen LogP contribution in [0.2, 0.25) is 0 Å². The van der Waals surface area contributed by atoms with Crippen molar-refractivity contribution in [2.45, 2.75) is 57.9 Å². The van der Waals surface area contributed by atoms with Crippen LogP contribution in [0.3, 0.4) is 0 Å². The Morgan fingerprint density at radius 2 is 2.11 bits per heavy atom. The first kappa shape index (κ1) is 14.1. The molecule has 0 spiro atoms. The number of aromatic nitrogens is 2. The fourth-order valence-corrected chi connectivity index (χ4v) is 3.07. The molecular formula is C13H22ClN3S. The molecule has 0 N–H and O–H groups in total. The highest BCUT2D eigenvalue weighted by molar-refractivity contribution is 7.09. The summed E-state index contributed by atoms with van der Waals surface area (Å²) >= 11 is 7.35. The van der Waals surface area contributed by atoms with E-state index in [1.807, 2.05) is 0 Å². The van der Waals surface area contributed by atoms with E-state index < -0.39 is 0 Å². The maximum Gasteiger partial charge on any atom is 0.205 e. The number of anilines is 1. The molecule has 1 aliphatic rings. The van der Waals surface area contributed by atoms with E-state index in [9.17, 15) is 0 Å². The summed E-state index contributed by atoms with van der Waals surface area (Å²) in [5.74, 6) is 1.67. The molecule has 0 amide bonds. The summed E-state index contributed by atoms with van der Waals surface area (Å²) in [5.41, 5.74) is 0.0342. The second-order valence-corrected chi connectivity index (χ2v) is 7.08. The van der Waals surface area contributed by atoms with Crippen LogP contribution in [0.4, 0.5) is 5.13 Å². The van der Waals surface area contributed by atoms with Gasteiger partial charge in [-0.25, -0.2) is 4.98 Å². The van der Waals surface area contributed by atoms with Gasteiger partial charge in [-0.2, -0.15) is 4.37 Å². The summed E-state index contributed by atoms with van der Waals surface area (Å²) < 4.78 is 4.51. The minimum atomic E-state index is 0.0342. The molecule has 0 aromatic carbocycles. The smallest absolute Gasteiger partial charge is 0.205 e. The minimum Gasteiger partial charge on any atom is -0.344 e. The van der Waals surface area contributed by atoms with Gasteiger partial charge < -0.3 is 4.90 Å². The molecule has 1 heterocycles. The lowest BCUT2D eigenvalue weighted by atomic mass is 9.91. The molecule has 2 rings (SSSR count). The number of hydrogen-bond acceptors (Lipinski definition) is 4. The maximum absolute atomic E-state index is 5.82. The van der Waals surface area contributed by atoms with Crippen molar-refractivity contribution in [3.8, 4) is 0 Å². The van der Waals surface area contributed by atoms with Gasteiger partial charge in [0.25, 0.3) is 0 Å². The van der Waals surface area contributed by atoms with E-state index >= 15 is 0 Å². The first-order chi connectivity index (χ1) is 8.52. The van der Waals surface area contributed by atoms with Gasteiger partial charge in [-0.15, -0.1) is 11.6 Å². The van der Waals surface area contributed by atoms with Crippen molar-refractivity contribution in [1.82, 2.24) is 9.36 Å². The molecule has 1 aliphatic carbocycles. The van der Waals surface area contributed by atoms with E-state index in [1.165, 1.54) is 30.8 Å². The Kier molecular flexibility index (Phi) is 4.49. The molecule has 1 aromatic rings. The van der Waals surface area contributed by atoms with E-state index in [1.54, 1.807) is 0 Å². The van der Waals surface area contributed by atoms with Gasteiger partial charge in [0.15, 0.2) is 0 Å². The Morgan fingerprint density at radius 1 is 1.39 bits per heavy atom. The summed E-state index contributed by atoms with van der Waals surface area (Å²) in [4.78, 5) is 7.14. The van der Waals surface area contributed by atoms with E-state index in [-0.39, 0.29) is 5.41 Å². The highest BCUT2D eigenvalue weighted by atomic mass is 35.5. The first-order valence-corrected chi connectivity index (χ1v) is 8.00. The predicted molar refractivity (Wildman–Crippen MR) is 78.9 cm³/mol. The van der Waals surface area contributed by atoms with Crippen molar-refractivity contribution in [2.75, 3.05) is 17.3 Å². The molecule has 0 saturated heterocycles. The fourth-order valence-electron chi connectivity index (χ4n) is 2.00. The van der Waals surface area contributed by atoms with Crippen LogP contribution in [0.1, 0.15) is 52.3 Å². The molecule has 0 aliphatic heterocycles. The Balaban J connectivity index is 2.11. The third-order valence-electron chi connectivity index (χ3n) is 3.38. The normalized spacial score (nSPS) is 16.7.